The number of amides is 2. The smallest absolute Gasteiger partial charge is 0.408 e. The molecule has 0 saturated heterocycles. The van der Waals surface area contributed by atoms with E-state index in [-0.39, 0.29) is 30.0 Å². The van der Waals surface area contributed by atoms with Gasteiger partial charge in [0.2, 0.25) is 0 Å². The fraction of sp³-hybridized carbons (Fsp3) is 0.400. The Balaban J connectivity index is 1.36. The van der Waals surface area contributed by atoms with Gasteiger partial charge in [0.25, 0.3) is 5.91 Å². The van der Waals surface area contributed by atoms with Crippen LogP contribution in [0.3, 0.4) is 0 Å². The molecule has 3 aromatic heterocycles. The summed E-state index contributed by atoms with van der Waals surface area (Å²) in [6.45, 7) is 0.0708. The van der Waals surface area contributed by atoms with Gasteiger partial charge in [-0.1, -0.05) is 5.92 Å². The molecule has 2 aliphatic carbocycles. The van der Waals surface area contributed by atoms with Crippen LogP contribution in [0.15, 0.2) is 30.7 Å². The number of carbonyl (C=O) groups excluding carboxylic acids is 1. The minimum absolute atomic E-state index is 0.0116. The van der Waals surface area contributed by atoms with Crippen LogP contribution in [0.4, 0.5) is 26.4 Å². The van der Waals surface area contributed by atoms with Crippen LogP contribution >= 0.6 is 0 Å². The van der Waals surface area contributed by atoms with E-state index >= 15 is 0 Å². The molecule has 2 saturated carbocycles. The summed E-state index contributed by atoms with van der Waals surface area (Å²) in [7, 11) is 0. The van der Waals surface area contributed by atoms with Gasteiger partial charge in [0.1, 0.15) is 5.82 Å². The average Bonchev–Trinajstić information content (AvgIpc) is 3.59. The number of hydrogen-bond acceptors (Lipinski definition) is 7. The number of nitrogens with zero attached hydrogens (tertiary/aromatic N) is 5. The Morgan fingerprint density at radius 1 is 1.14 bits per heavy atom. The third kappa shape index (κ3) is 5.40. The largest absolute Gasteiger partial charge is 0.465 e. The first-order valence-electron chi connectivity index (χ1n) is 12.2. The number of anilines is 3. The molecule has 4 N–H and O–H groups in total. The van der Waals surface area contributed by atoms with E-state index in [1.54, 1.807) is 0 Å². The van der Waals surface area contributed by atoms with E-state index in [2.05, 4.69) is 36.9 Å². The van der Waals surface area contributed by atoms with Crippen molar-refractivity contribution in [1.82, 2.24) is 24.5 Å². The summed E-state index contributed by atoms with van der Waals surface area (Å²) in [5.74, 6) is 1.78. The lowest BCUT2D eigenvalue weighted by atomic mass is 9.90. The minimum Gasteiger partial charge on any atom is -0.465 e. The van der Waals surface area contributed by atoms with E-state index in [1.807, 2.05) is 6.07 Å². The van der Waals surface area contributed by atoms with Crippen molar-refractivity contribution in [3.63, 3.8) is 0 Å². The normalized spacial score (nSPS) is 19.1. The third-order valence-corrected chi connectivity index (χ3v) is 6.65. The summed E-state index contributed by atoms with van der Waals surface area (Å²) >= 11 is 0. The van der Waals surface area contributed by atoms with Gasteiger partial charge in [-0.2, -0.15) is 0 Å². The van der Waals surface area contributed by atoms with Crippen molar-refractivity contribution in [3.05, 3.63) is 42.2 Å². The molecule has 2 aliphatic rings. The van der Waals surface area contributed by atoms with Gasteiger partial charge >= 0.3 is 6.09 Å². The molecule has 0 aromatic carbocycles. The van der Waals surface area contributed by atoms with Crippen LogP contribution in [0, 0.1) is 18.2 Å². The number of imidazole rings is 1. The molecule has 0 spiro atoms. The first-order chi connectivity index (χ1) is 17.9. The lowest BCUT2D eigenvalue weighted by Gasteiger charge is -2.34. The molecule has 0 unspecified atom stereocenters. The maximum Gasteiger partial charge on any atom is 0.408 e. The van der Waals surface area contributed by atoms with Crippen molar-refractivity contribution >= 4 is 34.8 Å². The molecule has 37 heavy (non-hydrogen) atoms. The first-order valence-corrected chi connectivity index (χ1v) is 12.2. The van der Waals surface area contributed by atoms with Crippen molar-refractivity contribution in [3.8, 4) is 12.3 Å². The number of halogens is 1. The summed E-state index contributed by atoms with van der Waals surface area (Å²) in [6, 6.07) is 3.55. The molecule has 0 radical (unpaired) electrons. The highest BCUT2D eigenvalue weighted by Crippen LogP contribution is 2.30. The van der Waals surface area contributed by atoms with Crippen LogP contribution in [0.2, 0.25) is 0 Å². The Labute approximate surface area is 212 Å². The molecule has 3 heterocycles. The summed E-state index contributed by atoms with van der Waals surface area (Å²) in [5, 5.41) is 23.5. The molecule has 12 heteroatoms. The topological polar surface area (TPSA) is 137 Å². The predicted molar refractivity (Wildman–Crippen MR) is 135 cm³/mol. The minimum atomic E-state index is -1.00. The number of pyridine rings is 1. The zero-order valence-electron chi connectivity index (χ0n) is 20.0. The summed E-state index contributed by atoms with van der Waals surface area (Å²) < 4.78 is 15.5. The van der Waals surface area contributed by atoms with Gasteiger partial charge in [-0.15, -0.1) is 11.5 Å². The lowest BCUT2D eigenvalue weighted by molar-refractivity contribution is 0.101. The Hall–Kier alpha value is -4.40. The van der Waals surface area contributed by atoms with E-state index in [0.29, 0.717) is 30.3 Å². The van der Waals surface area contributed by atoms with Gasteiger partial charge in [0, 0.05) is 30.4 Å². The molecule has 2 fully saturated rings. The van der Waals surface area contributed by atoms with Crippen molar-refractivity contribution in [1.29, 1.82) is 0 Å². The van der Waals surface area contributed by atoms with E-state index < -0.39 is 17.8 Å². The standard InChI is InChI=1S/C25H27FN8O3/c1-2-11-33(25(36)37)17-7-5-16(6-8-17)30-22-12-20(29-15-3-4-15)23-28-14-21(34(23)32-22)24(35)31-19-9-10-27-13-18(19)26/h1,9-10,12-17,29H,3-8,11H2,(H,30,32)(H,36,37)(H,27,31,35)/t16-,17-. The Bertz CT molecular complexity index is 1360. The van der Waals surface area contributed by atoms with Crippen molar-refractivity contribution in [2.45, 2.75) is 56.7 Å². The molecule has 0 bridgehead atoms. The number of terminal acetylenes is 1. The molecular formula is C25H27FN8O3. The Morgan fingerprint density at radius 2 is 1.86 bits per heavy atom. The second kappa shape index (κ2) is 10.3. The number of nitrogens with one attached hydrogen (secondary N) is 3. The summed E-state index contributed by atoms with van der Waals surface area (Å²) in [4.78, 5) is 34.0. The van der Waals surface area contributed by atoms with Gasteiger partial charge in [0.05, 0.1) is 30.3 Å². The van der Waals surface area contributed by atoms with Gasteiger partial charge in [-0.3, -0.25) is 14.7 Å². The second-order valence-electron chi connectivity index (χ2n) is 9.31. The van der Waals surface area contributed by atoms with E-state index in [9.17, 15) is 19.1 Å². The van der Waals surface area contributed by atoms with Crippen LogP contribution in [0.25, 0.3) is 5.65 Å². The Morgan fingerprint density at radius 3 is 2.54 bits per heavy atom. The lowest BCUT2D eigenvalue weighted by Crippen LogP contribution is -2.43. The predicted octanol–water partition coefficient (Wildman–Crippen LogP) is 3.43. The van der Waals surface area contributed by atoms with Gasteiger partial charge in [-0.05, 0) is 44.6 Å². The number of fused-ring (bicyclic) bond motifs is 1. The van der Waals surface area contributed by atoms with E-state index in [1.165, 1.54) is 27.9 Å². The number of aromatic nitrogens is 4. The van der Waals surface area contributed by atoms with Crippen LogP contribution in [0.1, 0.15) is 49.0 Å². The molecule has 5 rings (SSSR count). The molecule has 2 amide bonds. The number of rotatable bonds is 8. The summed E-state index contributed by atoms with van der Waals surface area (Å²) in [6.07, 6.45) is 13.1. The van der Waals surface area contributed by atoms with Crippen molar-refractivity contribution in [2.75, 3.05) is 22.5 Å². The fourth-order valence-corrected chi connectivity index (χ4v) is 4.60. The SMILES string of the molecule is C#CCN(C(=O)O)[C@H]1CC[C@H](Nc2cc(NC3CC3)c3ncc(C(=O)Nc4ccncc4F)n3n2)CC1. The maximum atomic E-state index is 14.0. The second-order valence-corrected chi connectivity index (χ2v) is 9.31. The molecule has 192 valence electrons. The van der Waals surface area contributed by atoms with Crippen LogP contribution in [-0.4, -0.2) is 66.3 Å². The average molecular weight is 507 g/mol. The fourth-order valence-electron chi connectivity index (χ4n) is 4.60. The van der Waals surface area contributed by atoms with Crippen LogP contribution < -0.4 is 16.0 Å². The molecule has 0 atom stereocenters. The highest BCUT2D eigenvalue weighted by molar-refractivity contribution is 6.03. The van der Waals surface area contributed by atoms with Crippen LogP contribution in [-0.2, 0) is 0 Å². The number of hydrogen-bond donors (Lipinski definition) is 4. The van der Waals surface area contributed by atoms with E-state index in [4.69, 9.17) is 6.42 Å². The van der Waals surface area contributed by atoms with Crippen molar-refractivity contribution < 1.29 is 19.1 Å². The zero-order chi connectivity index (χ0) is 25.9. The first kappa shape index (κ1) is 24.3. The van der Waals surface area contributed by atoms with Gasteiger partial charge in [0.15, 0.2) is 17.2 Å². The highest BCUT2D eigenvalue weighted by atomic mass is 19.1. The van der Waals surface area contributed by atoms with E-state index in [0.717, 1.165) is 37.6 Å². The zero-order valence-corrected chi connectivity index (χ0v) is 20.0. The molecule has 3 aromatic rings. The Kier molecular flexibility index (Phi) is 6.76. The highest BCUT2D eigenvalue weighted by Gasteiger charge is 2.29. The number of carboxylic acid groups (broad SMARTS) is 1. The molecule has 11 nitrogen and oxygen atoms in total. The number of carbonyl (C=O) groups is 2. The van der Waals surface area contributed by atoms with Gasteiger partial charge in [-0.25, -0.2) is 18.7 Å². The molecular weight excluding hydrogens is 479 g/mol. The summed E-state index contributed by atoms with van der Waals surface area (Å²) in [5.41, 5.74) is 1.41. The molecule has 0 aliphatic heterocycles. The van der Waals surface area contributed by atoms with Gasteiger partial charge < -0.3 is 21.1 Å². The van der Waals surface area contributed by atoms with Crippen molar-refractivity contribution in [2.24, 2.45) is 0 Å². The van der Waals surface area contributed by atoms with Crippen LogP contribution in [0.5, 0.6) is 0 Å². The maximum absolute atomic E-state index is 14.0. The third-order valence-electron chi connectivity index (χ3n) is 6.65. The quantitative estimate of drug-likeness (QED) is 0.341. The monoisotopic (exact) mass is 506 g/mol.